The first-order valence-corrected chi connectivity index (χ1v) is 10.9. The molecule has 0 spiro atoms. The van der Waals surface area contributed by atoms with Crippen LogP contribution in [0.4, 0.5) is 0 Å². The summed E-state index contributed by atoms with van der Waals surface area (Å²) in [6.07, 6.45) is 13.8. The summed E-state index contributed by atoms with van der Waals surface area (Å²) in [5.41, 5.74) is -0.870. The highest BCUT2D eigenvalue weighted by atomic mass is 16.4. The largest absolute Gasteiger partial charge is 0.481 e. The van der Waals surface area contributed by atoms with E-state index < -0.39 is 17.7 Å². The van der Waals surface area contributed by atoms with Crippen LogP contribution in [-0.4, -0.2) is 44.2 Å². The molecular formula is C23H40O5. The summed E-state index contributed by atoms with van der Waals surface area (Å²) in [4.78, 5) is 10.6. The molecule has 2 unspecified atom stereocenters. The number of aliphatic hydroxyl groups excluding tert-OH is 2. The first-order valence-electron chi connectivity index (χ1n) is 10.9. The van der Waals surface area contributed by atoms with Gasteiger partial charge in [-0.25, -0.2) is 0 Å². The van der Waals surface area contributed by atoms with Crippen molar-refractivity contribution in [3.8, 4) is 0 Å². The number of aliphatic carboxylic acids is 1. The maximum atomic E-state index is 10.6. The molecule has 0 bridgehead atoms. The van der Waals surface area contributed by atoms with E-state index in [1.54, 1.807) is 6.08 Å². The highest BCUT2D eigenvalue weighted by molar-refractivity contribution is 5.67. The van der Waals surface area contributed by atoms with Gasteiger partial charge in [-0.05, 0) is 44.4 Å². The lowest BCUT2D eigenvalue weighted by molar-refractivity contribution is -0.139. The number of rotatable bonds is 15. The van der Waals surface area contributed by atoms with Crippen LogP contribution < -0.4 is 0 Å². The average Bonchev–Trinajstić information content (AvgIpc) is 2.98. The summed E-state index contributed by atoms with van der Waals surface area (Å²) in [6.45, 7) is 5.92. The van der Waals surface area contributed by atoms with E-state index in [1.807, 2.05) is 6.08 Å². The van der Waals surface area contributed by atoms with Crippen molar-refractivity contribution >= 4 is 5.97 Å². The zero-order valence-corrected chi connectivity index (χ0v) is 17.4. The molecule has 0 aromatic rings. The minimum absolute atomic E-state index is 0.105. The molecule has 0 aromatic heterocycles. The Balaban J connectivity index is 2.43. The van der Waals surface area contributed by atoms with Gasteiger partial charge in [0.1, 0.15) is 0 Å². The number of hydrogen-bond donors (Lipinski definition) is 4. The molecule has 28 heavy (non-hydrogen) atoms. The van der Waals surface area contributed by atoms with Crippen molar-refractivity contribution < 1.29 is 25.2 Å². The lowest BCUT2D eigenvalue weighted by Gasteiger charge is -2.24. The predicted molar refractivity (Wildman–Crippen MR) is 112 cm³/mol. The van der Waals surface area contributed by atoms with Crippen LogP contribution >= 0.6 is 0 Å². The third kappa shape index (κ3) is 9.35. The number of carboxylic acid groups (broad SMARTS) is 1. The van der Waals surface area contributed by atoms with Gasteiger partial charge >= 0.3 is 5.97 Å². The first-order chi connectivity index (χ1) is 13.3. The van der Waals surface area contributed by atoms with Gasteiger partial charge in [0.2, 0.25) is 0 Å². The number of aliphatic hydroxyl groups is 3. The zero-order chi connectivity index (χ0) is 21.0. The van der Waals surface area contributed by atoms with Crippen molar-refractivity contribution in [1.29, 1.82) is 0 Å². The molecule has 0 aromatic carbocycles. The SMILES string of the molecule is C=CC(O)(CC=C[C@@H]1[C@@H](CCCCC(O)CC(=O)O)CC[C@H]1O)CCCCC. The second kappa shape index (κ2) is 13.1. The van der Waals surface area contributed by atoms with Crippen LogP contribution in [0.3, 0.4) is 0 Å². The maximum absolute atomic E-state index is 10.6. The Morgan fingerprint density at radius 1 is 1.25 bits per heavy atom. The van der Waals surface area contributed by atoms with Crippen molar-refractivity contribution in [2.75, 3.05) is 0 Å². The molecule has 5 atom stereocenters. The molecule has 0 amide bonds. The van der Waals surface area contributed by atoms with Crippen LogP contribution in [0, 0.1) is 11.8 Å². The first kappa shape index (κ1) is 24.9. The van der Waals surface area contributed by atoms with Crippen LogP contribution in [-0.2, 0) is 4.79 Å². The number of carbonyl (C=O) groups is 1. The van der Waals surface area contributed by atoms with Crippen molar-refractivity contribution in [3.63, 3.8) is 0 Å². The van der Waals surface area contributed by atoms with Gasteiger partial charge < -0.3 is 20.4 Å². The van der Waals surface area contributed by atoms with Gasteiger partial charge in [0.05, 0.1) is 24.2 Å². The van der Waals surface area contributed by atoms with E-state index in [2.05, 4.69) is 19.6 Å². The molecule has 0 radical (unpaired) electrons. The Hall–Kier alpha value is -1.17. The molecule has 1 aliphatic rings. The van der Waals surface area contributed by atoms with Crippen LogP contribution in [0.1, 0.15) is 84.0 Å². The van der Waals surface area contributed by atoms with Crippen molar-refractivity contribution in [1.82, 2.24) is 0 Å². The van der Waals surface area contributed by atoms with Gasteiger partial charge in [0.25, 0.3) is 0 Å². The summed E-state index contributed by atoms with van der Waals surface area (Å²) in [7, 11) is 0. The molecule has 1 rings (SSSR count). The maximum Gasteiger partial charge on any atom is 0.305 e. The summed E-state index contributed by atoms with van der Waals surface area (Å²) in [5.74, 6) is -0.459. The van der Waals surface area contributed by atoms with Crippen LogP contribution in [0.15, 0.2) is 24.8 Å². The monoisotopic (exact) mass is 396 g/mol. The Bertz CT molecular complexity index is 489. The van der Waals surface area contributed by atoms with E-state index in [-0.39, 0.29) is 18.4 Å². The lowest BCUT2D eigenvalue weighted by Crippen LogP contribution is -2.25. The number of carboxylic acids is 1. The molecule has 5 nitrogen and oxygen atoms in total. The topological polar surface area (TPSA) is 98.0 Å². The molecule has 0 saturated heterocycles. The summed E-state index contributed by atoms with van der Waals surface area (Å²) >= 11 is 0. The van der Waals surface area contributed by atoms with Crippen molar-refractivity contribution in [2.45, 2.75) is 102 Å². The summed E-state index contributed by atoms with van der Waals surface area (Å²) < 4.78 is 0. The van der Waals surface area contributed by atoms with Crippen molar-refractivity contribution in [2.24, 2.45) is 11.8 Å². The minimum atomic E-state index is -0.967. The third-order valence-corrected chi connectivity index (χ3v) is 6.02. The average molecular weight is 397 g/mol. The fourth-order valence-corrected chi connectivity index (χ4v) is 4.19. The molecule has 162 valence electrons. The molecular weight excluding hydrogens is 356 g/mol. The van der Waals surface area contributed by atoms with Crippen LogP contribution in [0.25, 0.3) is 0 Å². The minimum Gasteiger partial charge on any atom is -0.481 e. The quantitative estimate of drug-likeness (QED) is 0.245. The molecule has 1 aliphatic carbocycles. The highest BCUT2D eigenvalue weighted by Crippen LogP contribution is 2.37. The Morgan fingerprint density at radius 3 is 2.64 bits per heavy atom. The van der Waals surface area contributed by atoms with Gasteiger partial charge in [0, 0.05) is 5.92 Å². The summed E-state index contributed by atoms with van der Waals surface area (Å²) in [6, 6.07) is 0. The zero-order valence-electron chi connectivity index (χ0n) is 17.4. The number of hydrogen-bond acceptors (Lipinski definition) is 4. The van der Waals surface area contributed by atoms with E-state index in [4.69, 9.17) is 5.11 Å². The Kier molecular flexibility index (Phi) is 11.7. The molecule has 1 fully saturated rings. The normalized spacial score (nSPS) is 25.6. The van der Waals surface area contributed by atoms with Gasteiger partial charge in [0.15, 0.2) is 0 Å². The fourth-order valence-electron chi connectivity index (χ4n) is 4.19. The lowest BCUT2D eigenvalue weighted by atomic mass is 9.87. The van der Waals surface area contributed by atoms with Gasteiger partial charge in [-0.15, -0.1) is 6.58 Å². The Labute approximate surface area is 170 Å². The standard InChI is InChI=1S/C23H40O5/c1-3-5-8-15-23(28,4-2)16-9-12-20-18(13-14-21(20)25)10-6-7-11-19(24)17-22(26)27/h4,9,12,18-21,24-25,28H,2-3,5-8,10-11,13-17H2,1H3,(H,26,27)/t18-,19?,20+,21+,23?/m0/s1. The van der Waals surface area contributed by atoms with E-state index in [0.29, 0.717) is 25.2 Å². The highest BCUT2D eigenvalue weighted by Gasteiger charge is 2.32. The van der Waals surface area contributed by atoms with Crippen LogP contribution in [0.5, 0.6) is 0 Å². The molecule has 5 heteroatoms. The smallest absolute Gasteiger partial charge is 0.305 e. The fraction of sp³-hybridized carbons (Fsp3) is 0.783. The third-order valence-electron chi connectivity index (χ3n) is 6.02. The van der Waals surface area contributed by atoms with Crippen molar-refractivity contribution in [3.05, 3.63) is 24.8 Å². The van der Waals surface area contributed by atoms with E-state index in [9.17, 15) is 20.1 Å². The number of unbranched alkanes of at least 4 members (excludes halogenated alkanes) is 3. The predicted octanol–water partition coefficient (Wildman–Crippen LogP) is 4.21. The van der Waals surface area contributed by atoms with E-state index >= 15 is 0 Å². The second-order valence-electron chi connectivity index (χ2n) is 8.42. The second-order valence-corrected chi connectivity index (χ2v) is 8.42. The van der Waals surface area contributed by atoms with Gasteiger partial charge in [-0.1, -0.05) is 57.3 Å². The Morgan fingerprint density at radius 2 is 2.00 bits per heavy atom. The van der Waals surface area contributed by atoms with E-state index in [1.165, 1.54) is 0 Å². The van der Waals surface area contributed by atoms with E-state index in [0.717, 1.165) is 51.4 Å². The van der Waals surface area contributed by atoms with Gasteiger partial charge in [-0.2, -0.15) is 0 Å². The molecule has 0 heterocycles. The molecule has 1 saturated carbocycles. The van der Waals surface area contributed by atoms with Gasteiger partial charge in [-0.3, -0.25) is 4.79 Å². The molecule has 0 aliphatic heterocycles. The van der Waals surface area contributed by atoms with Crippen LogP contribution in [0.2, 0.25) is 0 Å². The summed E-state index contributed by atoms with van der Waals surface area (Å²) in [5, 5.41) is 39.3. The molecule has 4 N–H and O–H groups in total.